The minimum absolute atomic E-state index is 0.00179. The molecule has 106 valence electrons. The Hall–Kier alpha value is -2.09. The van der Waals surface area contributed by atoms with Gasteiger partial charge >= 0.3 is 0 Å². The summed E-state index contributed by atoms with van der Waals surface area (Å²) in [6.07, 6.45) is 3.60. The molecule has 0 radical (unpaired) electrons. The highest BCUT2D eigenvalue weighted by Crippen LogP contribution is 2.26. The molecule has 0 aliphatic rings. The second-order valence-corrected chi connectivity index (χ2v) is 6.27. The van der Waals surface area contributed by atoms with Gasteiger partial charge < -0.3 is 4.90 Å². The van der Waals surface area contributed by atoms with Gasteiger partial charge in [0, 0.05) is 31.4 Å². The van der Waals surface area contributed by atoms with Crippen molar-refractivity contribution in [2.75, 3.05) is 18.5 Å². The summed E-state index contributed by atoms with van der Waals surface area (Å²) in [5.74, 6) is 0.824. The van der Waals surface area contributed by atoms with Crippen molar-refractivity contribution in [1.82, 2.24) is 14.6 Å². The zero-order valence-electron chi connectivity index (χ0n) is 12.8. The van der Waals surface area contributed by atoms with Crippen LogP contribution in [0, 0.1) is 17.2 Å². The first-order valence-corrected chi connectivity index (χ1v) is 6.78. The Kier molecular flexibility index (Phi) is 3.67. The first-order valence-electron chi connectivity index (χ1n) is 6.78. The molecule has 2 rings (SSSR count). The van der Waals surface area contributed by atoms with Crippen molar-refractivity contribution >= 4 is 11.3 Å². The molecule has 0 saturated heterocycles. The zero-order chi connectivity index (χ0) is 14.9. The smallest absolute Gasteiger partial charge is 0.154 e. The molecule has 2 aromatic heterocycles. The molecular formula is C15H21N5. The summed E-state index contributed by atoms with van der Waals surface area (Å²) >= 11 is 0. The quantitative estimate of drug-likeness (QED) is 0.861. The average molecular weight is 271 g/mol. The third-order valence-corrected chi connectivity index (χ3v) is 3.27. The Morgan fingerprint density at radius 3 is 2.75 bits per heavy atom. The minimum Gasteiger partial charge on any atom is -0.357 e. The Labute approximate surface area is 119 Å². The molecule has 1 atom stereocenters. The molecule has 0 aromatic carbocycles. The predicted octanol–water partition coefficient (Wildman–Crippen LogP) is 2.62. The van der Waals surface area contributed by atoms with Gasteiger partial charge in [0.25, 0.3) is 0 Å². The normalized spacial score (nSPS) is 13.2. The van der Waals surface area contributed by atoms with Crippen LogP contribution in [0.25, 0.3) is 5.52 Å². The molecule has 0 amide bonds. The van der Waals surface area contributed by atoms with Crippen LogP contribution in [-0.4, -0.2) is 28.2 Å². The summed E-state index contributed by atoms with van der Waals surface area (Å²) in [6, 6.07) is 4.33. The third-order valence-electron chi connectivity index (χ3n) is 3.27. The van der Waals surface area contributed by atoms with Crippen LogP contribution >= 0.6 is 0 Å². The molecule has 0 N–H and O–H groups in total. The van der Waals surface area contributed by atoms with Crippen molar-refractivity contribution in [2.45, 2.75) is 33.1 Å². The molecule has 2 aromatic rings. The van der Waals surface area contributed by atoms with E-state index in [1.807, 2.05) is 29.6 Å². The topological polar surface area (TPSA) is 57.2 Å². The van der Waals surface area contributed by atoms with E-state index in [4.69, 9.17) is 5.26 Å². The first-order chi connectivity index (χ1) is 9.32. The van der Waals surface area contributed by atoms with Crippen LogP contribution in [0.3, 0.4) is 0 Å². The molecule has 0 bridgehead atoms. The Balaban J connectivity index is 2.44. The number of hydrogen-bond donors (Lipinski definition) is 0. The Morgan fingerprint density at radius 1 is 1.45 bits per heavy atom. The molecule has 20 heavy (non-hydrogen) atoms. The van der Waals surface area contributed by atoms with E-state index in [1.165, 1.54) is 0 Å². The molecule has 0 fully saturated rings. The van der Waals surface area contributed by atoms with Crippen molar-refractivity contribution in [3.8, 4) is 6.07 Å². The van der Waals surface area contributed by atoms with Gasteiger partial charge in [-0.25, -0.2) is 9.50 Å². The third kappa shape index (κ3) is 2.74. The van der Waals surface area contributed by atoms with E-state index in [0.717, 1.165) is 17.0 Å². The van der Waals surface area contributed by atoms with Gasteiger partial charge in [0.05, 0.1) is 17.7 Å². The molecular weight excluding hydrogens is 250 g/mol. The van der Waals surface area contributed by atoms with E-state index in [1.54, 1.807) is 6.20 Å². The molecule has 1 unspecified atom stereocenters. The summed E-state index contributed by atoms with van der Waals surface area (Å²) in [4.78, 5) is 6.46. The summed E-state index contributed by atoms with van der Waals surface area (Å²) < 4.78 is 1.86. The minimum atomic E-state index is -0.0351. The predicted molar refractivity (Wildman–Crippen MR) is 79.7 cm³/mol. The van der Waals surface area contributed by atoms with Crippen molar-refractivity contribution in [3.63, 3.8) is 0 Å². The van der Waals surface area contributed by atoms with E-state index in [-0.39, 0.29) is 11.3 Å². The molecule has 2 heterocycles. The number of hydrogen-bond acceptors (Lipinski definition) is 4. The van der Waals surface area contributed by atoms with Crippen molar-refractivity contribution in [1.29, 1.82) is 5.26 Å². The zero-order valence-corrected chi connectivity index (χ0v) is 12.8. The van der Waals surface area contributed by atoms with E-state index in [9.17, 15) is 0 Å². The van der Waals surface area contributed by atoms with Crippen molar-refractivity contribution in [2.24, 2.45) is 5.92 Å². The monoisotopic (exact) mass is 271 g/mol. The van der Waals surface area contributed by atoms with Crippen LogP contribution in [0.15, 0.2) is 18.5 Å². The van der Waals surface area contributed by atoms with E-state index in [2.05, 4.69) is 43.0 Å². The summed E-state index contributed by atoms with van der Waals surface area (Å²) in [7, 11) is 1.96. The number of anilines is 1. The van der Waals surface area contributed by atoms with Gasteiger partial charge in [0.1, 0.15) is 5.52 Å². The van der Waals surface area contributed by atoms with E-state index < -0.39 is 0 Å². The highest BCUT2D eigenvalue weighted by atomic mass is 15.3. The lowest BCUT2D eigenvalue weighted by molar-refractivity contribution is 0.562. The molecule has 5 heteroatoms. The lowest BCUT2D eigenvalue weighted by atomic mass is 9.92. The van der Waals surface area contributed by atoms with E-state index >= 15 is 0 Å². The maximum atomic E-state index is 8.94. The summed E-state index contributed by atoms with van der Waals surface area (Å²) in [5.41, 5.74) is 2.01. The van der Waals surface area contributed by atoms with Crippen molar-refractivity contribution in [3.05, 3.63) is 24.2 Å². The SMILES string of the molecule is CC(C#N)CN(C)c1nccn2nc(C(C)(C)C)cc12. The van der Waals surface area contributed by atoms with Crippen molar-refractivity contribution < 1.29 is 0 Å². The fraction of sp³-hybridized carbons (Fsp3) is 0.533. The fourth-order valence-corrected chi connectivity index (χ4v) is 2.11. The molecule has 0 aliphatic carbocycles. The highest BCUT2D eigenvalue weighted by molar-refractivity contribution is 5.69. The van der Waals surface area contributed by atoms with E-state index in [0.29, 0.717) is 6.54 Å². The Bertz CT molecular complexity index is 644. The highest BCUT2D eigenvalue weighted by Gasteiger charge is 2.20. The van der Waals surface area contributed by atoms with Gasteiger partial charge in [-0.3, -0.25) is 0 Å². The second-order valence-electron chi connectivity index (χ2n) is 6.27. The van der Waals surface area contributed by atoms with Crippen LogP contribution < -0.4 is 4.90 Å². The van der Waals surface area contributed by atoms with Gasteiger partial charge in [-0.05, 0) is 13.0 Å². The van der Waals surface area contributed by atoms with Gasteiger partial charge in [-0.15, -0.1) is 0 Å². The van der Waals surface area contributed by atoms with Gasteiger partial charge in [0.15, 0.2) is 5.82 Å². The maximum Gasteiger partial charge on any atom is 0.154 e. The van der Waals surface area contributed by atoms with Gasteiger partial charge in [-0.1, -0.05) is 20.8 Å². The maximum absolute atomic E-state index is 8.94. The first kappa shape index (κ1) is 14.3. The number of aromatic nitrogens is 3. The summed E-state index contributed by atoms with van der Waals surface area (Å²) in [5, 5.41) is 13.6. The largest absolute Gasteiger partial charge is 0.357 e. The summed E-state index contributed by atoms with van der Waals surface area (Å²) in [6.45, 7) is 8.99. The lowest BCUT2D eigenvalue weighted by Crippen LogP contribution is -2.24. The van der Waals surface area contributed by atoms with Crippen LogP contribution in [-0.2, 0) is 5.41 Å². The second kappa shape index (κ2) is 5.12. The average Bonchev–Trinajstić information content (AvgIpc) is 2.81. The Morgan fingerprint density at radius 2 is 2.15 bits per heavy atom. The van der Waals surface area contributed by atoms with Crippen LogP contribution in [0.5, 0.6) is 0 Å². The van der Waals surface area contributed by atoms with Crippen LogP contribution in [0.4, 0.5) is 5.82 Å². The molecule has 0 aliphatic heterocycles. The number of nitrogens with zero attached hydrogens (tertiary/aromatic N) is 5. The number of nitriles is 1. The van der Waals surface area contributed by atoms with Gasteiger partial charge in [-0.2, -0.15) is 10.4 Å². The van der Waals surface area contributed by atoms with Gasteiger partial charge in [0.2, 0.25) is 0 Å². The molecule has 5 nitrogen and oxygen atoms in total. The fourth-order valence-electron chi connectivity index (χ4n) is 2.11. The number of rotatable bonds is 3. The molecule has 0 spiro atoms. The number of fused-ring (bicyclic) bond motifs is 1. The van der Waals surface area contributed by atoms with Crippen LogP contribution in [0.2, 0.25) is 0 Å². The lowest BCUT2D eigenvalue weighted by Gasteiger charge is -2.19. The standard InChI is InChI=1S/C15H21N5/c1-11(9-16)10-19(5)14-12-8-13(15(2,3)4)18-20(12)7-6-17-14/h6-8,11H,10H2,1-5H3. The molecule has 0 saturated carbocycles. The van der Waals surface area contributed by atoms with Crippen LogP contribution in [0.1, 0.15) is 33.4 Å².